The van der Waals surface area contributed by atoms with Crippen molar-refractivity contribution in [3.8, 4) is 0 Å². The molecule has 2 aliphatic rings. The van der Waals surface area contributed by atoms with Gasteiger partial charge in [0.05, 0.1) is 17.4 Å². The van der Waals surface area contributed by atoms with Crippen LogP contribution < -0.4 is 4.90 Å². The van der Waals surface area contributed by atoms with Crippen LogP contribution in [0.4, 0.5) is 5.69 Å². The zero-order valence-corrected chi connectivity index (χ0v) is 17.2. The molecule has 2 aliphatic heterocycles. The fourth-order valence-corrected chi connectivity index (χ4v) is 5.06. The first-order chi connectivity index (χ1) is 13.5. The Morgan fingerprint density at radius 1 is 1.18 bits per heavy atom. The number of hydrogen-bond acceptors (Lipinski definition) is 5. The van der Waals surface area contributed by atoms with E-state index in [0.717, 1.165) is 30.0 Å². The van der Waals surface area contributed by atoms with Gasteiger partial charge in [0.1, 0.15) is 5.54 Å². The molecule has 148 valence electrons. The number of amides is 2. The maximum Gasteiger partial charge on any atom is 0.254 e. The summed E-state index contributed by atoms with van der Waals surface area (Å²) >= 11 is 1.53. The van der Waals surface area contributed by atoms with Crippen LogP contribution >= 0.6 is 11.3 Å². The number of aryl methyl sites for hydroxylation is 1. The first-order valence-electron chi connectivity index (χ1n) is 9.86. The highest BCUT2D eigenvalue weighted by Crippen LogP contribution is 2.36. The van der Waals surface area contributed by atoms with Gasteiger partial charge in [0.15, 0.2) is 0 Å². The molecular weight excluding hydrogens is 372 g/mol. The number of pyridine rings is 1. The molecule has 1 spiro atoms. The van der Waals surface area contributed by atoms with E-state index in [2.05, 4.69) is 16.8 Å². The lowest BCUT2D eigenvalue weighted by atomic mass is 9.82. The standard InChI is InChI=1S/C21H26N4O2S/c1-3-24-11-12-25(18-5-4-16(2)22-14-18)20(27)21(24)7-9-23(10-8-21)19(26)17-6-13-28-15-17/h4-6,13-15H,3,7-12H2,1-2H3. The minimum absolute atomic E-state index is 0.0713. The van der Waals surface area contributed by atoms with E-state index in [1.54, 1.807) is 6.20 Å². The number of piperazine rings is 1. The van der Waals surface area contributed by atoms with Gasteiger partial charge in [-0.3, -0.25) is 19.5 Å². The number of hydrogen-bond donors (Lipinski definition) is 0. The average molecular weight is 399 g/mol. The normalized spacial score (nSPS) is 20.0. The predicted octanol–water partition coefficient (Wildman–Crippen LogP) is 2.80. The highest BCUT2D eigenvalue weighted by molar-refractivity contribution is 7.08. The molecular formula is C21H26N4O2S. The van der Waals surface area contributed by atoms with Crippen molar-refractivity contribution in [2.24, 2.45) is 0 Å². The van der Waals surface area contributed by atoms with Gasteiger partial charge in [0.25, 0.3) is 5.91 Å². The smallest absolute Gasteiger partial charge is 0.254 e. The number of thiophene rings is 1. The number of carbonyl (C=O) groups is 2. The monoisotopic (exact) mass is 398 g/mol. The van der Waals surface area contributed by atoms with Crippen molar-refractivity contribution < 1.29 is 9.59 Å². The molecule has 28 heavy (non-hydrogen) atoms. The highest BCUT2D eigenvalue weighted by Gasteiger charge is 2.51. The second kappa shape index (κ2) is 7.64. The summed E-state index contributed by atoms with van der Waals surface area (Å²) < 4.78 is 0. The highest BCUT2D eigenvalue weighted by atomic mass is 32.1. The second-order valence-electron chi connectivity index (χ2n) is 7.53. The number of rotatable bonds is 3. The molecule has 0 atom stereocenters. The van der Waals surface area contributed by atoms with Gasteiger partial charge < -0.3 is 9.80 Å². The van der Waals surface area contributed by atoms with Gasteiger partial charge in [-0.05, 0) is 49.9 Å². The van der Waals surface area contributed by atoms with Crippen LogP contribution in [0.5, 0.6) is 0 Å². The maximum absolute atomic E-state index is 13.6. The van der Waals surface area contributed by atoms with Crippen LogP contribution in [-0.2, 0) is 4.79 Å². The first-order valence-corrected chi connectivity index (χ1v) is 10.8. The predicted molar refractivity (Wildman–Crippen MR) is 111 cm³/mol. The lowest BCUT2D eigenvalue weighted by Gasteiger charge is -2.52. The van der Waals surface area contributed by atoms with Crippen LogP contribution in [0, 0.1) is 6.92 Å². The van der Waals surface area contributed by atoms with Gasteiger partial charge >= 0.3 is 0 Å². The van der Waals surface area contributed by atoms with Crippen LogP contribution in [0.3, 0.4) is 0 Å². The fourth-order valence-electron chi connectivity index (χ4n) is 4.43. The largest absolute Gasteiger partial charge is 0.338 e. The third-order valence-electron chi connectivity index (χ3n) is 6.08. The number of piperidine rings is 1. The Bertz CT molecular complexity index is 842. The quantitative estimate of drug-likeness (QED) is 0.798. The Hall–Kier alpha value is -2.25. The number of likely N-dealkylation sites (N-methyl/N-ethyl adjacent to an activating group) is 1. The van der Waals surface area contributed by atoms with Crippen LogP contribution in [0.25, 0.3) is 0 Å². The third-order valence-corrected chi connectivity index (χ3v) is 6.76. The van der Waals surface area contributed by atoms with Gasteiger partial charge in [0, 0.05) is 37.3 Å². The molecule has 0 unspecified atom stereocenters. The Morgan fingerprint density at radius 2 is 1.96 bits per heavy atom. The SMILES string of the molecule is CCN1CCN(c2ccc(C)nc2)C(=O)C12CCN(C(=O)c1ccsc1)CC2. The van der Waals surface area contributed by atoms with Crippen molar-refractivity contribution in [1.82, 2.24) is 14.8 Å². The fraction of sp³-hybridized carbons (Fsp3) is 0.476. The molecule has 0 aliphatic carbocycles. The van der Waals surface area contributed by atoms with Crippen LogP contribution in [0.2, 0.25) is 0 Å². The van der Waals surface area contributed by atoms with Gasteiger partial charge in [-0.2, -0.15) is 11.3 Å². The molecule has 4 rings (SSSR count). The number of nitrogens with zero attached hydrogens (tertiary/aromatic N) is 4. The first kappa shape index (κ1) is 19.1. The number of likely N-dealkylation sites (tertiary alicyclic amines) is 1. The van der Waals surface area contributed by atoms with Gasteiger partial charge in [-0.25, -0.2) is 0 Å². The van der Waals surface area contributed by atoms with Crippen molar-refractivity contribution in [1.29, 1.82) is 0 Å². The Kier molecular flexibility index (Phi) is 5.21. The summed E-state index contributed by atoms with van der Waals surface area (Å²) in [5.41, 5.74) is 2.03. The van der Waals surface area contributed by atoms with Crippen molar-refractivity contribution in [3.63, 3.8) is 0 Å². The van der Waals surface area contributed by atoms with Gasteiger partial charge in [0.2, 0.25) is 5.91 Å². The Balaban J connectivity index is 1.55. The summed E-state index contributed by atoms with van der Waals surface area (Å²) in [6.07, 6.45) is 3.13. The Morgan fingerprint density at radius 3 is 2.57 bits per heavy atom. The maximum atomic E-state index is 13.6. The molecule has 2 amide bonds. The molecule has 0 radical (unpaired) electrons. The summed E-state index contributed by atoms with van der Waals surface area (Å²) in [6.45, 7) is 7.63. The van der Waals surface area contributed by atoms with E-state index in [9.17, 15) is 9.59 Å². The molecule has 0 bridgehead atoms. The second-order valence-corrected chi connectivity index (χ2v) is 8.31. The van der Waals surface area contributed by atoms with E-state index in [0.29, 0.717) is 32.5 Å². The molecule has 4 heterocycles. The van der Waals surface area contributed by atoms with E-state index in [-0.39, 0.29) is 11.8 Å². The zero-order chi connectivity index (χ0) is 19.7. The molecule has 2 aromatic heterocycles. The number of aromatic nitrogens is 1. The number of carbonyl (C=O) groups excluding carboxylic acids is 2. The van der Waals surface area contributed by atoms with Gasteiger partial charge in [-0.1, -0.05) is 6.92 Å². The molecule has 0 N–H and O–H groups in total. The van der Waals surface area contributed by atoms with E-state index in [1.807, 2.05) is 45.7 Å². The molecule has 0 saturated carbocycles. The summed E-state index contributed by atoms with van der Waals surface area (Å²) in [6, 6.07) is 5.79. The molecule has 0 aromatic carbocycles. The summed E-state index contributed by atoms with van der Waals surface area (Å²) in [5, 5.41) is 3.82. The van der Waals surface area contributed by atoms with Crippen LogP contribution in [-0.4, -0.2) is 64.9 Å². The summed E-state index contributed by atoms with van der Waals surface area (Å²) in [5.74, 6) is 0.218. The average Bonchev–Trinajstić information content (AvgIpc) is 3.26. The molecule has 7 heteroatoms. The van der Waals surface area contributed by atoms with Crippen molar-refractivity contribution >= 4 is 28.8 Å². The van der Waals surface area contributed by atoms with Gasteiger partial charge in [-0.15, -0.1) is 0 Å². The van der Waals surface area contributed by atoms with Crippen molar-refractivity contribution in [3.05, 3.63) is 46.4 Å². The zero-order valence-electron chi connectivity index (χ0n) is 16.4. The topological polar surface area (TPSA) is 56.8 Å². The van der Waals surface area contributed by atoms with E-state index in [4.69, 9.17) is 0 Å². The summed E-state index contributed by atoms with van der Waals surface area (Å²) in [4.78, 5) is 36.8. The van der Waals surface area contributed by atoms with Crippen molar-refractivity contribution in [2.75, 3.05) is 37.6 Å². The third kappa shape index (κ3) is 3.22. The Labute approximate surface area is 169 Å². The molecule has 2 fully saturated rings. The van der Waals surface area contributed by atoms with Crippen LogP contribution in [0.1, 0.15) is 35.8 Å². The van der Waals surface area contributed by atoms with Crippen LogP contribution in [0.15, 0.2) is 35.2 Å². The lowest BCUT2D eigenvalue weighted by molar-refractivity contribution is -0.137. The van der Waals surface area contributed by atoms with E-state index >= 15 is 0 Å². The van der Waals surface area contributed by atoms with E-state index in [1.165, 1.54) is 11.3 Å². The molecule has 2 aromatic rings. The molecule has 2 saturated heterocycles. The number of anilines is 1. The lowest BCUT2D eigenvalue weighted by Crippen LogP contribution is -2.69. The molecule has 6 nitrogen and oxygen atoms in total. The van der Waals surface area contributed by atoms with E-state index < -0.39 is 5.54 Å². The minimum atomic E-state index is -0.524. The van der Waals surface area contributed by atoms with Crippen molar-refractivity contribution in [2.45, 2.75) is 32.2 Å². The minimum Gasteiger partial charge on any atom is -0.338 e. The summed E-state index contributed by atoms with van der Waals surface area (Å²) in [7, 11) is 0.